The van der Waals surface area contributed by atoms with Crippen LogP contribution in [0.25, 0.3) is 0 Å². The second-order valence-corrected chi connectivity index (χ2v) is 8.92. The van der Waals surface area contributed by atoms with Crippen LogP contribution in [0.5, 0.6) is 0 Å². The Bertz CT molecular complexity index is 710. The van der Waals surface area contributed by atoms with E-state index in [1.54, 1.807) is 0 Å². The number of rotatable bonds is 9. The maximum absolute atomic E-state index is 12.7. The summed E-state index contributed by atoms with van der Waals surface area (Å²) in [5.74, 6) is 0.483. The summed E-state index contributed by atoms with van der Waals surface area (Å²) in [7, 11) is 0. The first kappa shape index (κ1) is 21.5. The monoisotopic (exact) mass is 414 g/mol. The lowest BCUT2D eigenvalue weighted by atomic mass is 9.90. The van der Waals surface area contributed by atoms with Gasteiger partial charge < -0.3 is 19.3 Å². The van der Waals surface area contributed by atoms with Crippen LogP contribution in [0.2, 0.25) is 0 Å². The van der Waals surface area contributed by atoms with Gasteiger partial charge in [-0.05, 0) is 49.7 Å². The van der Waals surface area contributed by atoms with Crippen molar-refractivity contribution < 1.29 is 24.1 Å². The molecular weight excluding hydrogens is 380 g/mol. The highest BCUT2D eigenvalue weighted by Gasteiger charge is 2.57. The smallest absolute Gasteiger partial charge is 0.338 e. The third-order valence-corrected chi connectivity index (χ3v) is 6.90. The van der Waals surface area contributed by atoms with E-state index in [1.165, 1.54) is 0 Å². The molecule has 5 heteroatoms. The van der Waals surface area contributed by atoms with E-state index in [4.69, 9.17) is 19.3 Å². The Morgan fingerprint density at radius 1 is 1.10 bits per heavy atom. The van der Waals surface area contributed by atoms with E-state index < -0.39 is 5.79 Å². The molecule has 2 aliphatic carbocycles. The molecule has 1 N–H and O–H groups in total. The first-order valence-electron chi connectivity index (χ1n) is 11.5. The van der Waals surface area contributed by atoms with Crippen molar-refractivity contribution in [2.24, 2.45) is 17.8 Å². The second kappa shape index (κ2) is 10.1. The number of hydrogen-bond acceptors (Lipinski definition) is 5. The van der Waals surface area contributed by atoms with Gasteiger partial charge in [0.05, 0.1) is 18.8 Å². The first-order valence-corrected chi connectivity index (χ1v) is 11.5. The van der Waals surface area contributed by atoms with Gasteiger partial charge in [0.2, 0.25) is 0 Å². The molecule has 1 aromatic carbocycles. The molecular formula is C25H34O5. The van der Waals surface area contributed by atoms with Gasteiger partial charge in [0, 0.05) is 25.4 Å². The average molecular weight is 415 g/mol. The number of unbranched alkanes of at least 4 members (excludes halogenated alkanes) is 4. The van der Waals surface area contributed by atoms with E-state index in [-0.39, 0.29) is 24.6 Å². The number of allylic oxidation sites excluding steroid dienone is 1. The number of benzene rings is 1. The van der Waals surface area contributed by atoms with Gasteiger partial charge in [-0.3, -0.25) is 0 Å². The Kier molecular flexibility index (Phi) is 7.24. The normalized spacial score (nSPS) is 29.6. The van der Waals surface area contributed by atoms with Crippen LogP contribution in [0.3, 0.4) is 0 Å². The summed E-state index contributed by atoms with van der Waals surface area (Å²) in [6.07, 6.45) is 12.4. The minimum Gasteiger partial charge on any atom is -0.458 e. The maximum Gasteiger partial charge on any atom is 0.338 e. The number of aliphatic hydroxyl groups excluding tert-OH is 1. The number of carbonyl (C=O) groups excluding carboxylic acids is 1. The Morgan fingerprint density at radius 2 is 1.87 bits per heavy atom. The molecule has 30 heavy (non-hydrogen) atoms. The van der Waals surface area contributed by atoms with E-state index >= 15 is 0 Å². The zero-order valence-corrected chi connectivity index (χ0v) is 17.7. The summed E-state index contributed by atoms with van der Waals surface area (Å²) in [4.78, 5) is 12.7. The van der Waals surface area contributed by atoms with Crippen molar-refractivity contribution in [3.63, 3.8) is 0 Å². The van der Waals surface area contributed by atoms with Crippen molar-refractivity contribution in [3.8, 4) is 0 Å². The molecule has 2 saturated carbocycles. The zero-order valence-electron chi connectivity index (χ0n) is 17.7. The number of fused-ring (bicyclic) bond motifs is 1. The molecule has 0 bridgehead atoms. The second-order valence-electron chi connectivity index (χ2n) is 8.92. The highest BCUT2D eigenvalue weighted by atomic mass is 16.7. The van der Waals surface area contributed by atoms with Gasteiger partial charge in [-0.15, -0.1) is 0 Å². The molecule has 0 radical (unpaired) electrons. The zero-order chi connectivity index (χ0) is 20.8. The van der Waals surface area contributed by atoms with Crippen LogP contribution in [0, 0.1) is 17.8 Å². The predicted molar refractivity (Wildman–Crippen MR) is 114 cm³/mol. The average Bonchev–Trinajstić information content (AvgIpc) is 3.44. The number of aliphatic hydroxyl groups is 1. The van der Waals surface area contributed by atoms with Crippen LogP contribution in [0.15, 0.2) is 42.5 Å². The van der Waals surface area contributed by atoms with Crippen molar-refractivity contribution in [3.05, 3.63) is 48.0 Å². The molecule has 1 aromatic rings. The minimum absolute atomic E-state index is 0.0860. The number of hydrogen-bond donors (Lipinski definition) is 1. The molecule has 3 fully saturated rings. The molecule has 3 aliphatic rings. The van der Waals surface area contributed by atoms with Crippen LogP contribution in [0.4, 0.5) is 0 Å². The van der Waals surface area contributed by atoms with Gasteiger partial charge in [-0.25, -0.2) is 4.79 Å². The van der Waals surface area contributed by atoms with E-state index in [9.17, 15) is 4.79 Å². The van der Waals surface area contributed by atoms with E-state index in [1.807, 2.05) is 30.3 Å². The fourth-order valence-corrected chi connectivity index (χ4v) is 5.49. The van der Waals surface area contributed by atoms with Crippen molar-refractivity contribution in [2.45, 2.75) is 63.3 Å². The SMILES string of the molecule is O=C(O[C@@H]1C[C@@H]2CC3(C[C@@H]2[C@H]1C=CCCCCCCO)OCCO3)c1ccccc1. The van der Waals surface area contributed by atoms with E-state index in [0.29, 0.717) is 30.6 Å². The van der Waals surface area contributed by atoms with Gasteiger partial charge in [-0.1, -0.05) is 43.2 Å². The van der Waals surface area contributed by atoms with Gasteiger partial charge >= 0.3 is 5.97 Å². The van der Waals surface area contributed by atoms with Gasteiger partial charge in [0.25, 0.3) is 0 Å². The molecule has 0 aromatic heterocycles. The van der Waals surface area contributed by atoms with E-state index in [2.05, 4.69) is 12.2 Å². The van der Waals surface area contributed by atoms with Crippen molar-refractivity contribution in [1.82, 2.24) is 0 Å². The topological polar surface area (TPSA) is 65.0 Å². The molecule has 0 amide bonds. The van der Waals surface area contributed by atoms with Gasteiger partial charge in [0.1, 0.15) is 6.10 Å². The Labute approximate surface area is 179 Å². The maximum atomic E-state index is 12.7. The molecule has 0 unspecified atom stereocenters. The lowest BCUT2D eigenvalue weighted by molar-refractivity contribution is -0.157. The molecule has 4 rings (SSSR count). The number of carbonyl (C=O) groups is 1. The lowest BCUT2D eigenvalue weighted by Crippen LogP contribution is -2.31. The summed E-state index contributed by atoms with van der Waals surface area (Å²) < 4.78 is 18.0. The summed E-state index contributed by atoms with van der Waals surface area (Å²) in [6, 6.07) is 9.26. The molecule has 4 atom stereocenters. The third kappa shape index (κ3) is 4.96. The predicted octanol–water partition coefficient (Wildman–Crippen LogP) is 4.50. The van der Waals surface area contributed by atoms with Crippen LogP contribution in [0.1, 0.15) is 61.7 Å². The summed E-state index contributed by atoms with van der Waals surface area (Å²) in [5, 5.41) is 8.89. The summed E-state index contributed by atoms with van der Waals surface area (Å²) in [6.45, 7) is 1.64. The lowest BCUT2D eigenvalue weighted by Gasteiger charge is -2.26. The highest BCUT2D eigenvalue weighted by molar-refractivity contribution is 5.89. The van der Waals surface area contributed by atoms with Crippen molar-refractivity contribution in [2.75, 3.05) is 19.8 Å². The van der Waals surface area contributed by atoms with Crippen LogP contribution in [-0.2, 0) is 14.2 Å². The fourth-order valence-electron chi connectivity index (χ4n) is 5.49. The molecule has 1 saturated heterocycles. The Morgan fingerprint density at radius 3 is 2.63 bits per heavy atom. The quantitative estimate of drug-likeness (QED) is 0.366. The van der Waals surface area contributed by atoms with Crippen LogP contribution < -0.4 is 0 Å². The standard InChI is InChI=1S/C25H34O5/c26-13-9-4-2-1-3-8-12-21-22-18-25(28-14-15-29-25)17-20(22)16-23(21)30-24(27)19-10-6-5-7-11-19/h5-8,10-12,20-23,26H,1-4,9,13-18H2/t20-,21-,22+,23-/m1/s1. The van der Waals surface area contributed by atoms with Gasteiger partial charge in [-0.2, -0.15) is 0 Å². The Balaban J connectivity index is 1.39. The largest absolute Gasteiger partial charge is 0.458 e. The molecule has 1 spiro atoms. The minimum atomic E-state index is -0.403. The first-order chi connectivity index (χ1) is 14.7. The fraction of sp³-hybridized carbons (Fsp3) is 0.640. The number of esters is 1. The van der Waals surface area contributed by atoms with Crippen molar-refractivity contribution >= 4 is 5.97 Å². The summed E-state index contributed by atoms with van der Waals surface area (Å²) in [5.41, 5.74) is 0.611. The molecule has 1 heterocycles. The molecule has 1 aliphatic heterocycles. The van der Waals surface area contributed by atoms with Gasteiger partial charge in [0.15, 0.2) is 5.79 Å². The Hall–Kier alpha value is -1.69. The van der Waals surface area contributed by atoms with E-state index in [0.717, 1.165) is 51.4 Å². The van der Waals surface area contributed by atoms with Crippen LogP contribution >= 0.6 is 0 Å². The molecule has 5 nitrogen and oxygen atoms in total. The van der Waals surface area contributed by atoms with Crippen molar-refractivity contribution in [1.29, 1.82) is 0 Å². The highest BCUT2D eigenvalue weighted by Crippen LogP contribution is 2.55. The summed E-state index contributed by atoms with van der Waals surface area (Å²) >= 11 is 0. The molecule has 164 valence electrons. The van der Waals surface area contributed by atoms with Crippen LogP contribution in [-0.4, -0.2) is 42.8 Å². The number of ether oxygens (including phenoxy) is 3. The third-order valence-electron chi connectivity index (χ3n) is 6.90.